The highest BCUT2D eigenvalue weighted by Gasteiger charge is 2.13. The Bertz CT molecular complexity index is 401. The summed E-state index contributed by atoms with van der Waals surface area (Å²) in [6.07, 6.45) is 9.58. The molecule has 1 aromatic rings. The maximum atomic E-state index is 5.34. The molecule has 0 amide bonds. The number of unbranched alkanes of at least 4 members (excludes halogenated alkanes) is 1. The van der Waals surface area contributed by atoms with Crippen molar-refractivity contribution in [1.82, 2.24) is 5.32 Å². The smallest absolute Gasteiger partial charge is 0.0323 e. The van der Waals surface area contributed by atoms with Crippen LogP contribution < -0.4 is 5.32 Å². The molecule has 1 unspecified atom stereocenters. The van der Waals surface area contributed by atoms with E-state index in [2.05, 4.69) is 50.2 Å². The van der Waals surface area contributed by atoms with Crippen molar-refractivity contribution in [3.8, 4) is 12.3 Å². The average Bonchev–Trinajstić information content (AvgIpc) is 2.37. The third kappa shape index (κ3) is 4.20. The highest BCUT2D eigenvalue weighted by Crippen LogP contribution is 2.24. The first-order valence-electron chi connectivity index (χ1n) is 6.93. The van der Waals surface area contributed by atoms with Gasteiger partial charge in [-0.1, -0.05) is 25.1 Å². The van der Waals surface area contributed by atoms with Crippen LogP contribution in [0.1, 0.15) is 55.3 Å². The molecule has 1 aromatic carbocycles. The zero-order chi connectivity index (χ0) is 13.4. The third-order valence-corrected chi connectivity index (χ3v) is 3.48. The van der Waals surface area contributed by atoms with Gasteiger partial charge in [-0.05, 0) is 56.3 Å². The Kier molecular flexibility index (Phi) is 6.54. The lowest BCUT2D eigenvalue weighted by molar-refractivity contribution is 0.485. The van der Waals surface area contributed by atoms with Gasteiger partial charge in [0.25, 0.3) is 0 Å². The molecule has 0 radical (unpaired) electrons. The molecule has 1 heteroatoms. The minimum atomic E-state index is 0.443. The largest absolute Gasteiger partial charge is 0.310 e. The zero-order valence-electron chi connectivity index (χ0n) is 11.9. The van der Waals surface area contributed by atoms with Crippen molar-refractivity contribution in [2.45, 2.75) is 52.5 Å². The molecule has 0 fully saturated rings. The Morgan fingerprint density at radius 3 is 2.78 bits per heavy atom. The third-order valence-electron chi connectivity index (χ3n) is 3.48. The molecule has 1 rings (SSSR count). The van der Waals surface area contributed by atoms with Crippen LogP contribution in [-0.4, -0.2) is 6.54 Å². The lowest BCUT2D eigenvalue weighted by Gasteiger charge is -2.21. The maximum absolute atomic E-state index is 5.34. The summed E-state index contributed by atoms with van der Waals surface area (Å²) in [5, 5.41) is 3.64. The molecule has 0 aliphatic carbocycles. The van der Waals surface area contributed by atoms with Crippen LogP contribution in [0.4, 0.5) is 0 Å². The summed E-state index contributed by atoms with van der Waals surface area (Å²) in [6.45, 7) is 7.66. The Balaban J connectivity index is 2.80. The molecular weight excluding hydrogens is 218 g/mol. The van der Waals surface area contributed by atoms with Crippen molar-refractivity contribution in [3.05, 3.63) is 34.9 Å². The fourth-order valence-electron chi connectivity index (χ4n) is 2.25. The minimum Gasteiger partial charge on any atom is -0.310 e. The van der Waals surface area contributed by atoms with Crippen molar-refractivity contribution in [2.75, 3.05) is 6.54 Å². The van der Waals surface area contributed by atoms with Gasteiger partial charge in [0, 0.05) is 12.5 Å². The van der Waals surface area contributed by atoms with E-state index in [1.165, 1.54) is 16.7 Å². The molecule has 0 spiro atoms. The maximum Gasteiger partial charge on any atom is 0.0323 e. The second-order valence-corrected chi connectivity index (χ2v) is 4.89. The normalized spacial score (nSPS) is 12.1. The monoisotopic (exact) mass is 243 g/mol. The number of hydrogen-bond donors (Lipinski definition) is 1. The highest BCUT2D eigenvalue weighted by molar-refractivity contribution is 5.35. The second kappa shape index (κ2) is 7.95. The van der Waals surface area contributed by atoms with Gasteiger partial charge in [-0.2, -0.15) is 0 Å². The standard InChI is InChI=1S/C17H25N/c1-5-7-8-12-17(18-13-6-2)16-11-9-10-14(3)15(16)4/h1,9-11,17-18H,6-8,12-13H2,2-4H3. The van der Waals surface area contributed by atoms with E-state index in [1.807, 2.05) is 0 Å². The number of nitrogens with one attached hydrogen (secondary N) is 1. The molecule has 0 bridgehead atoms. The fourth-order valence-corrected chi connectivity index (χ4v) is 2.25. The van der Waals surface area contributed by atoms with Crippen LogP contribution >= 0.6 is 0 Å². The van der Waals surface area contributed by atoms with Gasteiger partial charge >= 0.3 is 0 Å². The predicted octanol–water partition coefficient (Wildman–Crippen LogP) is 4.15. The predicted molar refractivity (Wildman–Crippen MR) is 79.6 cm³/mol. The van der Waals surface area contributed by atoms with Crippen molar-refractivity contribution in [3.63, 3.8) is 0 Å². The van der Waals surface area contributed by atoms with Crippen LogP contribution in [0.15, 0.2) is 18.2 Å². The van der Waals surface area contributed by atoms with Crippen molar-refractivity contribution < 1.29 is 0 Å². The molecule has 0 aromatic heterocycles. The summed E-state index contributed by atoms with van der Waals surface area (Å²) in [7, 11) is 0. The van der Waals surface area contributed by atoms with Gasteiger partial charge in [-0.15, -0.1) is 12.3 Å². The number of aryl methyl sites for hydroxylation is 1. The number of terminal acetylenes is 1. The van der Waals surface area contributed by atoms with E-state index in [-0.39, 0.29) is 0 Å². The summed E-state index contributed by atoms with van der Waals surface area (Å²) in [5.41, 5.74) is 4.21. The summed E-state index contributed by atoms with van der Waals surface area (Å²) in [4.78, 5) is 0. The Morgan fingerprint density at radius 2 is 2.11 bits per heavy atom. The molecule has 18 heavy (non-hydrogen) atoms. The SMILES string of the molecule is C#CCCCC(NCCC)c1cccc(C)c1C. The van der Waals surface area contributed by atoms with Crippen LogP contribution in [0.3, 0.4) is 0 Å². The van der Waals surface area contributed by atoms with Crippen molar-refractivity contribution >= 4 is 0 Å². The zero-order valence-corrected chi connectivity index (χ0v) is 11.9. The van der Waals surface area contributed by atoms with E-state index in [0.717, 1.165) is 32.2 Å². The van der Waals surface area contributed by atoms with E-state index < -0.39 is 0 Å². The fraction of sp³-hybridized carbons (Fsp3) is 0.529. The Morgan fingerprint density at radius 1 is 1.33 bits per heavy atom. The molecular formula is C17H25N. The first kappa shape index (κ1) is 14.8. The van der Waals surface area contributed by atoms with E-state index >= 15 is 0 Å². The minimum absolute atomic E-state index is 0.443. The average molecular weight is 243 g/mol. The summed E-state index contributed by atoms with van der Waals surface area (Å²) in [5.74, 6) is 2.73. The van der Waals surface area contributed by atoms with Crippen LogP contribution in [-0.2, 0) is 0 Å². The first-order valence-corrected chi connectivity index (χ1v) is 6.93. The molecule has 0 saturated carbocycles. The van der Waals surface area contributed by atoms with Gasteiger partial charge in [-0.25, -0.2) is 0 Å². The Labute approximate surface area is 112 Å². The quantitative estimate of drug-likeness (QED) is 0.560. The first-order chi connectivity index (χ1) is 8.70. The molecule has 0 aliphatic rings. The van der Waals surface area contributed by atoms with E-state index in [1.54, 1.807) is 0 Å². The van der Waals surface area contributed by atoms with Crippen LogP contribution in [0.5, 0.6) is 0 Å². The number of benzene rings is 1. The van der Waals surface area contributed by atoms with E-state index in [4.69, 9.17) is 6.42 Å². The van der Waals surface area contributed by atoms with Gasteiger partial charge < -0.3 is 5.32 Å². The molecule has 98 valence electrons. The lowest BCUT2D eigenvalue weighted by atomic mass is 9.94. The molecule has 0 saturated heterocycles. The van der Waals surface area contributed by atoms with E-state index in [0.29, 0.717) is 6.04 Å². The number of hydrogen-bond acceptors (Lipinski definition) is 1. The van der Waals surface area contributed by atoms with Gasteiger partial charge in [0.2, 0.25) is 0 Å². The van der Waals surface area contributed by atoms with Crippen LogP contribution in [0.25, 0.3) is 0 Å². The topological polar surface area (TPSA) is 12.0 Å². The van der Waals surface area contributed by atoms with Crippen molar-refractivity contribution in [2.24, 2.45) is 0 Å². The van der Waals surface area contributed by atoms with Gasteiger partial charge in [0.1, 0.15) is 0 Å². The van der Waals surface area contributed by atoms with Crippen LogP contribution in [0.2, 0.25) is 0 Å². The molecule has 1 atom stereocenters. The van der Waals surface area contributed by atoms with E-state index in [9.17, 15) is 0 Å². The molecule has 1 N–H and O–H groups in total. The van der Waals surface area contributed by atoms with Gasteiger partial charge in [0.05, 0.1) is 0 Å². The van der Waals surface area contributed by atoms with Crippen LogP contribution in [0, 0.1) is 26.2 Å². The summed E-state index contributed by atoms with van der Waals surface area (Å²) in [6, 6.07) is 7.01. The number of rotatable bonds is 7. The summed E-state index contributed by atoms with van der Waals surface area (Å²) >= 11 is 0. The lowest BCUT2D eigenvalue weighted by Crippen LogP contribution is -2.23. The summed E-state index contributed by atoms with van der Waals surface area (Å²) < 4.78 is 0. The second-order valence-electron chi connectivity index (χ2n) is 4.89. The van der Waals surface area contributed by atoms with Crippen molar-refractivity contribution in [1.29, 1.82) is 0 Å². The van der Waals surface area contributed by atoms with Gasteiger partial charge in [0.15, 0.2) is 0 Å². The molecule has 0 aliphatic heterocycles. The van der Waals surface area contributed by atoms with Gasteiger partial charge in [-0.3, -0.25) is 0 Å². The highest BCUT2D eigenvalue weighted by atomic mass is 14.9. The molecule has 1 nitrogen and oxygen atoms in total. The Hall–Kier alpha value is -1.26. The molecule has 0 heterocycles.